The Hall–Kier alpha value is -2.94. The molecule has 0 spiro atoms. The van der Waals surface area contributed by atoms with Crippen molar-refractivity contribution in [2.45, 2.75) is 18.8 Å². The van der Waals surface area contributed by atoms with Crippen LogP contribution in [0.2, 0.25) is 0 Å². The van der Waals surface area contributed by atoms with Gasteiger partial charge < -0.3 is 4.90 Å². The second kappa shape index (κ2) is 9.51. The Morgan fingerprint density at radius 2 is 1.70 bits per heavy atom. The van der Waals surface area contributed by atoms with E-state index in [4.69, 9.17) is 16.6 Å². The largest absolute Gasteiger partial charge is 0.344 e. The van der Waals surface area contributed by atoms with Crippen LogP contribution in [0.5, 0.6) is 0 Å². The quantitative estimate of drug-likeness (QED) is 0.416. The Bertz CT molecular complexity index is 1260. The van der Waals surface area contributed by atoms with Crippen LogP contribution in [0, 0.1) is 0 Å². The van der Waals surface area contributed by atoms with Crippen molar-refractivity contribution in [1.29, 1.82) is 0 Å². The highest BCUT2D eigenvalue weighted by Crippen LogP contribution is 2.26. The average Bonchev–Trinajstić information content (AvgIpc) is 3.46. The van der Waals surface area contributed by atoms with E-state index in [9.17, 15) is 4.79 Å². The Balaban J connectivity index is 1.28. The molecule has 2 aromatic carbocycles. The molecule has 1 unspecified atom stereocenters. The first-order chi connectivity index (χ1) is 16.1. The van der Waals surface area contributed by atoms with E-state index < -0.39 is 0 Å². The number of H-pyrrole nitrogens is 1. The fourth-order valence-electron chi connectivity index (χ4n) is 4.15. The summed E-state index contributed by atoms with van der Waals surface area (Å²) in [7, 11) is 0. The van der Waals surface area contributed by atoms with E-state index in [0.29, 0.717) is 12.1 Å². The molecular weight excluding hydrogens is 456 g/mol. The van der Waals surface area contributed by atoms with Crippen LogP contribution in [-0.2, 0) is 6.54 Å². The number of aromatic nitrogens is 4. The molecule has 33 heavy (non-hydrogen) atoms. The number of halogens is 1. The Labute approximate surface area is 201 Å². The highest BCUT2D eigenvalue weighted by atomic mass is 35.5. The van der Waals surface area contributed by atoms with Gasteiger partial charge in [0.15, 0.2) is 5.82 Å². The molecule has 7 nitrogen and oxygen atoms in total. The molecule has 0 aliphatic carbocycles. The van der Waals surface area contributed by atoms with Crippen LogP contribution in [0.3, 0.4) is 0 Å². The summed E-state index contributed by atoms with van der Waals surface area (Å²) >= 11 is 7.86. The van der Waals surface area contributed by atoms with Gasteiger partial charge in [0.1, 0.15) is 0 Å². The summed E-state index contributed by atoms with van der Waals surface area (Å²) in [6.45, 7) is 5.96. The van der Waals surface area contributed by atoms with Gasteiger partial charge in [-0.1, -0.05) is 48.5 Å². The predicted molar refractivity (Wildman–Crippen MR) is 133 cm³/mol. The van der Waals surface area contributed by atoms with E-state index in [0.717, 1.165) is 54.1 Å². The number of para-hydroxylation sites is 1. The summed E-state index contributed by atoms with van der Waals surface area (Å²) in [5.41, 5.74) is 3.28. The third kappa shape index (κ3) is 4.59. The lowest BCUT2D eigenvalue weighted by Gasteiger charge is -2.34. The van der Waals surface area contributed by atoms with Gasteiger partial charge in [-0.05, 0) is 19.1 Å². The van der Waals surface area contributed by atoms with Crippen molar-refractivity contribution >= 4 is 28.3 Å². The molecule has 1 atom stereocenters. The van der Waals surface area contributed by atoms with Crippen LogP contribution in [0.4, 0.5) is 5.13 Å². The topological polar surface area (TPSA) is 70.1 Å². The number of hydrogen-bond donors (Lipinski definition) is 1. The summed E-state index contributed by atoms with van der Waals surface area (Å²) in [4.78, 5) is 22.4. The van der Waals surface area contributed by atoms with Crippen LogP contribution in [0.25, 0.3) is 17.1 Å². The maximum absolute atomic E-state index is 13.0. The summed E-state index contributed by atoms with van der Waals surface area (Å²) in [5.74, 6) is 0.776. The van der Waals surface area contributed by atoms with Crippen molar-refractivity contribution in [2.24, 2.45) is 0 Å². The first-order valence-electron chi connectivity index (χ1n) is 11.0. The third-order valence-electron chi connectivity index (χ3n) is 5.89. The van der Waals surface area contributed by atoms with Gasteiger partial charge in [0.2, 0.25) is 5.13 Å². The van der Waals surface area contributed by atoms with Gasteiger partial charge in [0.05, 0.1) is 22.3 Å². The van der Waals surface area contributed by atoms with Crippen LogP contribution in [0.1, 0.15) is 23.6 Å². The molecule has 1 saturated heterocycles. The van der Waals surface area contributed by atoms with E-state index in [1.165, 1.54) is 11.5 Å². The van der Waals surface area contributed by atoms with Crippen LogP contribution in [-0.4, -0.2) is 50.2 Å². The monoisotopic (exact) mass is 480 g/mol. The van der Waals surface area contributed by atoms with Crippen molar-refractivity contribution in [3.8, 4) is 17.1 Å². The molecule has 5 rings (SSSR count). The molecular formula is C24H25ClN6OS. The molecule has 1 fully saturated rings. The Morgan fingerprint density at radius 1 is 1.03 bits per heavy atom. The number of nitrogens with zero attached hydrogens (tertiary/aromatic N) is 5. The molecule has 0 saturated carbocycles. The van der Waals surface area contributed by atoms with Crippen molar-refractivity contribution in [3.63, 3.8) is 0 Å². The first kappa shape index (κ1) is 21.9. The second-order valence-electron chi connectivity index (χ2n) is 8.13. The van der Waals surface area contributed by atoms with Crippen molar-refractivity contribution in [1.82, 2.24) is 24.0 Å². The molecule has 0 amide bonds. The normalized spacial score (nSPS) is 15.6. The molecule has 0 bridgehead atoms. The van der Waals surface area contributed by atoms with Crippen molar-refractivity contribution in [2.75, 3.05) is 31.1 Å². The molecule has 9 heteroatoms. The molecule has 170 valence electrons. The highest BCUT2D eigenvalue weighted by molar-refractivity contribution is 7.09. The minimum atomic E-state index is -0.368. The lowest BCUT2D eigenvalue weighted by Crippen LogP contribution is -2.46. The molecule has 2 aromatic heterocycles. The first-order valence-corrected chi connectivity index (χ1v) is 12.2. The van der Waals surface area contributed by atoms with Crippen LogP contribution < -0.4 is 10.5 Å². The SMILES string of the molecule is CC(Cl)c1c(CN2CCN(c3nc(-c4ccccc4)ns3)CC2)[nH]n(-c2ccccc2)c1=O. The van der Waals surface area contributed by atoms with E-state index >= 15 is 0 Å². The van der Waals surface area contributed by atoms with E-state index in [-0.39, 0.29) is 10.9 Å². The lowest BCUT2D eigenvalue weighted by molar-refractivity contribution is 0.246. The van der Waals surface area contributed by atoms with E-state index in [1.54, 1.807) is 4.68 Å². The minimum absolute atomic E-state index is 0.0837. The molecule has 1 aliphatic heterocycles. The lowest BCUT2D eigenvalue weighted by atomic mass is 10.1. The van der Waals surface area contributed by atoms with Gasteiger partial charge in [0, 0.05) is 49.8 Å². The molecule has 1 N–H and O–H groups in total. The van der Waals surface area contributed by atoms with Gasteiger partial charge in [-0.2, -0.15) is 9.36 Å². The number of rotatable bonds is 6. The molecule has 1 aliphatic rings. The molecule has 0 radical (unpaired) electrons. The number of anilines is 1. The fourth-order valence-corrected chi connectivity index (χ4v) is 5.12. The zero-order chi connectivity index (χ0) is 22.8. The number of piperazine rings is 1. The summed E-state index contributed by atoms with van der Waals surface area (Å²) in [5, 5.41) is 3.89. The number of hydrogen-bond acceptors (Lipinski definition) is 6. The summed E-state index contributed by atoms with van der Waals surface area (Å²) in [6.07, 6.45) is 0. The number of aromatic amines is 1. The predicted octanol–water partition coefficient (Wildman–Crippen LogP) is 4.31. The smallest absolute Gasteiger partial charge is 0.276 e. The van der Waals surface area contributed by atoms with Crippen molar-refractivity contribution in [3.05, 3.63) is 82.3 Å². The average molecular weight is 481 g/mol. The minimum Gasteiger partial charge on any atom is -0.344 e. The zero-order valence-corrected chi connectivity index (χ0v) is 19.9. The maximum atomic E-state index is 13.0. The van der Waals surface area contributed by atoms with Crippen LogP contribution >= 0.6 is 23.1 Å². The van der Waals surface area contributed by atoms with E-state index in [1.807, 2.05) is 67.6 Å². The standard InChI is InChI=1S/C24H25ClN6OS/c1-17(25)21-20(27-31(23(21)32)19-10-6-3-7-11-19)16-29-12-14-30(15-13-29)24-26-22(28-33-24)18-8-4-2-5-9-18/h2-11,17,27H,12-16H2,1H3. The molecule has 4 aromatic rings. The van der Waals surface area contributed by atoms with Crippen LogP contribution in [0.15, 0.2) is 65.5 Å². The number of benzene rings is 2. The van der Waals surface area contributed by atoms with Gasteiger partial charge in [-0.3, -0.25) is 14.8 Å². The zero-order valence-electron chi connectivity index (χ0n) is 18.3. The third-order valence-corrected chi connectivity index (χ3v) is 6.88. The number of alkyl halides is 1. The van der Waals surface area contributed by atoms with Gasteiger partial charge in [-0.25, -0.2) is 4.68 Å². The highest BCUT2D eigenvalue weighted by Gasteiger charge is 2.24. The number of nitrogens with one attached hydrogen (secondary N) is 1. The Kier molecular flexibility index (Phi) is 6.30. The van der Waals surface area contributed by atoms with Crippen molar-refractivity contribution < 1.29 is 0 Å². The second-order valence-corrected chi connectivity index (χ2v) is 9.51. The van der Waals surface area contributed by atoms with E-state index in [2.05, 4.69) is 19.3 Å². The summed E-state index contributed by atoms with van der Waals surface area (Å²) in [6, 6.07) is 19.6. The fraction of sp³-hybridized carbons (Fsp3) is 0.292. The van der Waals surface area contributed by atoms with Gasteiger partial charge >= 0.3 is 0 Å². The summed E-state index contributed by atoms with van der Waals surface area (Å²) < 4.78 is 6.13. The molecule has 3 heterocycles. The van der Waals surface area contributed by atoms with Gasteiger partial charge in [0.25, 0.3) is 5.56 Å². The maximum Gasteiger partial charge on any atom is 0.276 e. The van der Waals surface area contributed by atoms with Gasteiger partial charge in [-0.15, -0.1) is 11.6 Å². The Morgan fingerprint density at radius 3 is 2.36 bits per heavy atom.